The number of nitrogens with zero attached hydrogens (tertiary/aromatic N) is 4. The second-order valence-electron chi connectivity index (χ2n) is 6.70. The van der Waals surface area contributed by atoms with E-state index in [2.05, 4.69) is 44.6 Å². The highest BCUT2D eigenvalue weighted by Crippen LogP contribution is 2.30. The molecule has 6 heteroatoms. The summed E-state index contributed by atoms with van der Waals surface area (Å²) in [6.45, 7) is 3.92. The molecule has 2 aromatic carbocycles. The molecule has 3 N–H and O–H groups in total. The summed E-state index contributed by atoms with van der Waals surface area (Å²) in [5.41, 5.74) is 11.0. The molecule has 0 amide bonds. The standard InChI is InChI=1S/C22H22N6/c1-15-13-16(2)28(27-15)22-19(23)21(24-14-25-22)26-20(17-9-5-3-6-10-17)18-11-7-4-8-12-18/h3-14,20H,23H2,1-2H3,(H,24,25,26). The van der Waals surface area contributed by atoms with E-state index in [0.29, 0.717) is 17.3 Å². The highest BCUT2D eigenvalue weighted by atomic mass is 15.3. The Kier molecular flexibility index (Phi) is 4.76. The van der Waals surface area contributed by atoms with Gasteiger partial charge in [0, 0.05) is 5.69 Å². The summed E-state index contributed by atoms with van der Waals surface area (Å²) in [5.74, 6) is 1.15. The number of rotatable bonds is 5. The quantitative estimate of drug-likeness (QED) is 0.554. The molecule has 0 saturated heterocycles. The molecule has 0 unspecified atom stereocenters. The van der Waals surface area contributed by atoms with Gasteiger partial charge in [-0.25, -0.2) is 14.6 Å². The third-order valence-electron chi connectivity index (χ3n) is 4.62. The van der Waals surface area contributed by atoms with Crippen molar-refractivity contribution in [3.05, 3.63) is 95.6 Å². The van der Waals surface area contributed by atoms with Gasteiger partial charge < -0.3 is 11.1 Å². The highest BCUT2D eigenvalue weighted by molar-refractivity contribution is 5.70. The van der Waals surface area contributed by atoms with Gasteiger partial charge in [-0.05, 0) is 31.0 Å². The Morgan fingerprint density at radius 1 is 0.893 bits per heavy atom. The lowest BCUT2D eigenvalue weighted by atomic mass is 9.99. The second kappa shape index (κ2) is 7.52. The number of aryl methyl sites for hydroxylation is 2. The van der Waals surface area contributed by atoms with Crippen LogP contribution in [0, 0.1) is 13.8 Å². The number of benzene rings is 2. The van der Waals surface area contributed by atoms with Crippen molar-refractivity contribution in [2.45, 2.75) is 19.9 Å². The summed E-state index contributed by atoms with van der Waals surface area (Å²) < 4.78 is 1.75. The fourth-order valence-corrected chi connectivity index (χ4v) is 3.30. The molecule has 0 aliphatic heterocycles. The van der Waals surface area contributed by atoms with Crippen LogP contribution in [0.15, 0.2) is 73.1 Å². The fraction of sp³-hybridized carbons (Fsp3) is 0.136. The lowest BCUT2D eigenvalue weighted by Gasteiger charge is -2.22. The number of nitrogens with one attached hydrogen (secondary N) is 1. The summed E-state index contributed by atoms with van der Waals surface area (Å²) in [5, 5.41) is 8.00. The molecule has 0 saturated carbocycles. The van der Waals surface area contributed by atoms with E-state index in [-0.39, 0.29) is 6.04 Å². The minimum atomic E-state index is -0.0899. The number of hydrogen-bond acceptors (Lipinski definition) is 5. The normalized spacial score (nSPS) is 11.0. The average molecular weight is 370 g/mol. The zero-order valence-corrected chi connectivity index (χ0v) is 15.9. The minimum absolute atomic E-state index is 0.0899. The molecule has 28 heavy (non-hydrogen) atoms. The Morgan fingerprint density at radius 2 is 1.50 bits per heavy atom. The summed E-state index contributed by atoms with van der Waals surface area (Å²) in [4.78, 5) is 8.76. The van der Waals surface area contributed by atoms with Crippen molar-refractivity contribution in [1.82, 2.24) is 19.7 Å². The van der Waals surface area contributed by atoms with Crippen LogP contribution < -0.4 is 11.1 Å². The largest absolute Gasteiger partial charge is 0.393 e. The van der Waals surface area contributed by atoms with E-state index in [0.717, 1.165) is 22.5 Å². The molecule has 6 nitrogen and oxygen atoms in total. The topological polar surface area (TPSA) is 81.7 Å². The SMILES string of the molecule is Cc1cc(C)n(-c2ncnc(NC(c3ccccc3)c3ccccc3)c2N)n1. The first-order chi connectivity index (χ1) is 13.6. The van der Waals surface area contributed by atoms with Gasteiger partial charge in [-0.1, -0.05) is 60.7 Å². The van der Waals surface area contributed by atoms with Crippen LogP contribution in [0.25, 0.3) is 5.82 Å². The molecule has 4 aromatic rings. The van der Waals surface area contributed by atoms with Crippen molar-refractivity contribution in [2.24, 2.45) is 0 Å². The van der Waals surface area contributed by atoms with Gasteiger partial charge in [0.05, 0.1) is 11.7 Å². The predicted octanol–water partition coefficient (Wildman–Crippen LogP) is 4.06. The maximum absolute atomic E-state index is 6.45. The molecule has 2 heterocycles. The van der Waals surface area contributed by atoms with E-state index in [1.165, 1.54) is 6.33 Å². The van der Waals surface area contributed by atoms with Crippen molar-refractivity contribution in [3.63, 3.8) is 0 Å². The van der Waals surface area contributed by atoms with Crippen LogP contribution in [0.5, 0.6) is 0 Å². The Balaban J connectivity index is 1.76. The number of aromatic nitrogens is 4. The first-order valence-corrected chi connectivity index (χ1v) is 9.14. The fourth-order valence-electron chi connectivity index (χ4n) is 3.30. The summed E-state index contributed by atoms with van der Waals surface area (Å²) in [6.07, 6.45) is 1.51. The van der Waals surface area contributed by atoms with Gasteiger partial charge in [0.15, 0.2) is 11.6 Å². The average Bonchev–Trinajstić information content (AvgIpc) is 3.06. The number of anilines is 2. The summed E-state index contributed by atoms with van der Waals surface area (Å²) >= 11 is 0. The maximum atomic E-state index is 6.45. The van der Waals surface area contributed by atoms with Crippen LogP contribution in [0.1, 0.15) is 28.6 Å². The number of nitrogen functional groups attached to an aromatic ring is 1. The van der Waals surface area contributed by atoms with E-state index in [9.17, 15) is 0 Å². The van der Waals surface area contributed by atoms with Crippen molar-refractivity contribution in [2.75, 3.05) is 11.1 Å². The molecular weight excluding hydrogens is 348 g/mol. The van der Waals surface area contributed by atoms with Crippen molar-refractivity contribution in [1.29, 1.82) is 0 Å². The summed E-state index contributed by atoms with van der Waals surface area (Å²) in [7, 11) is 0. The molecule has 0 fully saturated rings. The Bertz CT molecular complexity index is 1030. The predicted molar refractivity (Wildman–Crippen MR) is 111 cm³/mol. The van der Waals surface area contributed by atoms with Crippen molar-refractivity contribution in [3.8, 4) is 5.82 Å². The minimum Gasteiger partial charge on any atom is -0.393 e. The lowest BCUT2D eigenvalue weighted by Crippen LogP contribution is -2.16. The first-order valence-electron chi connectivity index (χ1n) is 9.14. The number of nitrogens with two attached hydrogens (primary N) is 1. The van der Waals surface area contributed by atoms with Crippen molar-refractivity contribution >= 4 is 11.5 Å². The van der Waals surface area contributed by atoms with Crippen LogP contribution in [-0.4, -0.2) is 19.7 Å². The molecule has 4 rings (SSSR count). The Hall–Kier alpha value is -3.67. The van der Waals surface area contributed by atoms with E-state index in [1.807, 2.05) is 56.3 Å². The lowest BCUT2D eigenvalue weighted by molar-refractivity contribution is 0.802. The Morgan fingerprint density at radius 3 is 2.04 bits per heavy atom. The van der Waals surface area contributed by atoms with Crippen LogP contribution >= 0.6 is 0 Å². The van der Waals surface area contributed by atoms with Gasteiger partial charge in [0.1, 0.15) is 12.0 Å². The van der Waals surface area contributed by atoms with E-state index < -0.39 is 0 Å². The zero-order valence-electron chi connectivity index (χ0n) is 15.9. The third kappa shape index (κ3) is 3.44. The molecule has 0 aliphatic carbocycles. The van der Waals surface area contributed by atoms with Crippen LogP contribution in [0.3, 0.4) is 0 Å². The van der Waals surface area contributed by atoms with E-state index in [4.69, 9.17) is 5.73 Å². The molecule has 140 valence electrons. The zero-order chi connectivity index (χ0) is 19.5. The molecule has 0 bridgehead atoms. The van der Waals surface area contributed by atoms with E-state index in [1.54, 1.807) is 4.68 Å². The van der Waals surface area contributed by atoms with Gasteiger partial charge in [-0.15, -0.1) is 0 Å². The first kappa shape index (κ1) is 17.7. The Labute approximate surface area is 164 Å². The molecule has 0 spiro atoms. The van der Waals surface area contributed by atoms with E-state index >= 15 is 0 Å². The molecule has 0 aliphatic rings. The molecule has 0 radical (unpaired) electrons. The van der Waals surface area contributed by atoms with Crippen LogP contribution in [0.2, 0.25) is 0 Å². The van der Waals surface area contributed by atoms with Crippen LogP contribution in [0.4, 0.5) is 11.5 Å². The second-order valence-corrected chi connectivity index (χ2v) is 6.70. The molecule has 0 atom stereocenters. The van der Waals surface area contributed by atoms with Gasteiger partial charge in [-0.3, -0.25) is 0 Å². The van der Waals surface area contributed by atoms with Gasteiger partial charge in [-0.2, -0.15) is 5.10 Å². The maximum Gasteiger partial charge on any atom is 0.182 e. The molecular formula is C22H22N6. The highest BCUT2D eigenvalue weighted by Gasteiger charge is 2.18. The third-order valence-corrected chi connectivity index (χ3v) is 4.62. The molecule has 2 aromatic heterocycles. The van der Waals surface area contributed by atoms with Gasteiger partial charge in [0.2, 0.25) is 0 Å². The van der Waals surface area contributed by atoms with Gasteiger partial charge >= 0.3 is 0 Å². The van der Waals surface area contributed by atoms with Crippen LogP contribution in [-0.2, 0) is 0 Å². The number of hydrogen-bond donors (Lipinski definition) is 2. The van der Waals surface area contributed by atoms with Crippen molar-refractivity contribution < 1.29 is 0 Å². The smallest absolute Gasteiger partial charge is 0.182 e. The van der Waals surface area contributed by atoms with Gasteiger partial charge in [0.25, 0.3) is 0 Å². The summed E-state index contributed by atoms with van der Waals surface area (Å²) in [6, 6.07) is 22.4. The monoisotopic (exact) mass is 370 g/mol.